The largest absolute Gasteiger partial charge is 0.393 e. The van der Waals surface area contributed by atoms with Crippen LogP contribution in [0.3, 0.4) is 0 Å². The Bertz CT molecular complexity index is 502. The number of aliphatic imine (C=N–C) groups is 1. The lowest BCUT2D eigenvalue weighted by molar-refractivity contribution is 0.00937. The average molecular weight is 552 g/mol. The van der Waals surface area contributed by atoms with Crippen molar-refractivity contribution in [1.82, 2.24) is 20.4 Å². The van der Waals surface area contributed by atoms with E-state index in [0.29, 0.717) is 5.41 Å². The highest BCUT2D eigenvalue weighted by Crippen LogP contribution is 2.37. The molecule has 0 amide bonds. The van der Waals surface area contributed by atoms with Crippen LogP contribution >= 0.6 is 24.0 Å². The molecule has 0 aromatic rings. The number of likely N-dealkylation sites (tertiary alicyclic amines) is 1. The maximum absolute atomic E-state index is 9.65. The number of halogens is 1. The van der Waals surface area contributed by atoms with E-state index in [9.17, 15) is 5.11 Å². The number of hydrogen-bond donors (Lipinski definition) is 3. The Balaban J connectivity index is 0.00000341. The fraction of sp³-hybridized carbons (Fsp3) is 0.957. The molecular formula is C23H46IN5O2. The molecule has 7 nitrogen and oxygen atoms in total. The van der Waals surface area contributed by atoms with Gasteiger partial charge in [-0.15, -0.1) is 24.0 Å². The van der Waals surface area contributed by atoms with Crippen LogP contribution in [0, 0.1) is 5.41 Å². The van der Waals surface area contributed by atoms with Gasteiger partial charge in [0, 0.05) is 57.8 Å². The van der Waals surface area contributed by atoms with Crippen molar-refractivity contribution in [3.05, 3.63) is 0 Å². The van der Waals surface area contributed by atoms with Gasteiger partial charge in [0.05, 0.1) is 19.3 Å². The first kappa shape index (κ1) is 27.1. The molecule has 31 heavy (non-hydrogen) atoms. The maximum Gasteiger partial charge on any atom is 0.191 e. The zero-order chi connectivity index (χ0) is 21.1. The van der Waals surface area contributed by atoms with E-state index < -0.39 is 0 Å². The molecule has 0 unspecified atom stereocenters. The van der Waals surface area contributed by atoms with E-state index in [2.05, 4.69) is 27.4 Å². The second-order valence-electron chi connectivity index (χ2n) is 9.50. The van der Waals surface area contributed by atoms with Gasteiger partial charge >= 0.3 is 0 Å². The van der Waals surface area contributed by atoms with Crippen LogP contribution in [0.2, 0.25) is 0 Å². The summed E-state index contributed by atoms with van der Waals surface area (Å²) in [5, 5.41) is 16.7. The first-order valence-corrected chi connectivity index (χ1v) is 12.4. The van der Waals surface area contributed by atoms with Crippen LogP contribution in [0.1, 0.15) is 58.3 Å². The van der Waals surface area contributed by atoms with Crippen LogP contribution in [0.5, 0.6) is 0 Å². The summed E-state index contributed by atoms with van der Waals surface area (Å²) in [5.74, 6) is 0.971. The minimum absolute atomic E-state index is 0. The molecule has 3 aliphatic rings. The van der Waals surface area contributed by atoms with Crippen molar-refractivity contribution in [1.29, 1.82) is 0 Å². The molecule has 3 N–H and O–H groups in total. The highest BCUT2D eigenvalue weighted by molar-refractivity contribution is 14.0. The van der Waals surface area contributed by atoms with E-state index in [-0.39, 0.29) is 30.1 Å². The average Bonchev–Trinajstić information content (AvgIpc) is 2.77. The predicted molar refractivity (Wildman–Crippen MR) is 138 cm³/mol. The van der Waals surface area contributed by atoms with E-state index >= 15 is 0 Å². The zero-order valence-corrected chi connectivity index (χ0v) is 21.9. The molecule has 3 fully saturated rings. The molecule has 1 saturated carbocycles. The lowest BCUT2D eigenvalue weighted by atomic mass is 9.73. The molecule has 1 aliphatic carbocycles. The SMILES string of the molecule is CCNC(=NCC1(CN2CCOCC2)CCCCC1)NCCCN1CCC(O)CC1.I. The molecule has 2 aliphatic heterocycles. The number of piperidine rings is 1. The van der Waals surface area contributed by atoms with Gasteiger partial charge < -0.3 is 25.4 Å². The van der Waals surface area contributed by atoms with Gasteiger partial charge in [-0.2, -0.15) is 0 Å². The summed E-state index contributed by atoms with van der Waals surface area (Å²) >= 11 is 0. The number of rotatable bonds is 9. The van der Waals surface area contributed by atoms with Crippen molar-refractivity contribution < 1.29 is 9.84 Å². The molecule has 2 heterocycles. The Kier molecular flexibility index (Phi) is 13.0. The van der Waals surface area contributed by atoms with E-state index in [1.165, 1.54) is 38.6 Å². The van der Waals surface area contributed by atoms with E-state index in [1.807, 2.05) is 0 Å². The molecule has 0 bridgehead atoms. The highest BCUT2D eigenvalue weighted by Gasteiger charge is 2.34. The summed E-state index contributed by atoms with van der Waals surface area (Å²) in [6.45, 7) is 13.1. The van der Waals surface area contributed by atoms with Gasteiger partial charge in [0.25, 0.3) is 0 Å². The van der Waals surface area contributed by atoms with Crippen molar-refractivity contribution in [2.75, 3.05) is 72.1 Å². The van der Waals surface area contributed by atoms with Crippen molar-refractivity contribution in [3.63, 3.8) is 0 Å². The van der Waals surface area contributed by atoms with E-state index in [0.717, 1.165) is 90.8 Å². The van der Waals surface area contributed by atoms with Crippen molar-refractivity contribution in [2.45, 2.75) is 64.4 Å². The summed E-state index contributed by atoms with van der Waals surface area (Å²) in [7, 11) is 0. The maximum atomic E-state index is 9.65. The Labute approximate surface area is 206 Å². The van der Waals surface area contributed by atoms with Crippen LogP contribution in [-0.2, 0) is 4.74 Å². The van der Waals surface area contributed by atoms with Crippen molar-refractivity contribution in [2.24, 2.45) is 10.4 Å². The lowest BCUT2D eigenvalue weighted by Crippen LogP contribution is -2.47. The van der Waals surface area contributed by atoms with Crippen LogP contribution in [0.15, 0.2) is 4.99 Å². The first-order valence-electron chi connectivity index (χ1n) is 12.4. The predicted octanol–water partition coefficient (Wildman–Crippen LogP) is 2.29. The van der Waals surface area contributed by atoms with Crippen LogP contribution in [-0.4, -0.2) is 99.1 Å². The van der Waals surface area contributed by atoms with Crippen molar-refractivity contribution >= 4 is 29.9 Å². The van der Waals surface area contributed by atoms with Gasteiger partial charge in [0.15, 0.2) is 5.96 Å². The number of ether oxygens (including phenoxy) is 1. The summed E-state index contributed by atoms with van der Waals surface area (Å²) < 4.78 is 5.55. The Morgan fingerprint density at radius 3 is 2.42 bits per heavy atom. The number of nitrogens with zero attached hydrogens (tertiary/aromatic N) is 3. The highest BCUT2D eigenvalue weighted by atomic mass is 127. The van der Waals surface area contributed by atoms with E-state index in [4.69, 9.17) is 9.73 Å². The minimum Gasteiger partial charge on any atom is -0.393 e. The van der Waals surface area contributed by atoms with Crippen LogP contribution in [0.25, 0.3) is 0 Å². The summed E-state index contributed by atoms with van der Waals surface area (Å²) in [5.41, 5.74) is 0.326. The molecule has 8 heteroatoms. The van der Waals surface area contributed by atoms with Gasteiger partial charge in [0.2, 0.25) is 0 Å². The Morgan fingerprint density at radius 1 is 1.03 bits per heavy atom. The molecule has 3 rings (SSSR count). The number of hydrogen-bond acceptors (Lipinski definition) is 5. The number of nitrogens with one attached hydrogen (secondary N) is 2. The molecule has 0 aromatic heterocycles. The third kappa shape index (κ3) is 9.70. The molecule has 182 valence electrons. The van der Waals surface area contributed by atoms with Gasteiger partial charge in [-0.05, 0) is 45.6 Å². The minimum atomic E-state index is -0.0866. The Hall–Kier alpha value is -0.160. The quantitative estimate of drug-likeness (QED) is 0.177. The normalized spacial score (nSPS) is 23.9. The summed E-state index contributed by atoms with van der Waals surface area (Å²) in [4.78, 5) is 10.1. The fourth-order valence-electron chi connectivity index (χ4n) is 5.14. The second-order valence-corrected chi connectivity index (χ2v) is 9.50. The summed E-state index contributed by atoms with van der Waals surface area (Å²) in [6, 6.07) is 0. The number of aliphatic hydroxyl groups excluding tert-OH is 1. The third-order valence-corrected chi connectivity index (χ3v) is 6.99. The van der Waals surface area contributed by atoms with Gasteiger partial charge in [-0.3, -0.25) is 9.89 Å². The zero-order valence-electron chi connectivity index (χ0n) is 19.6. The molecule has 0 radical (unpaired) electrons. The summed E-state index contributed by atoms with van der Waals surface area (Å²) in [6.07, 6.45) is 9.52. The van der Waals surface area contributed by atoms with Gasteiger partial charge in [0.1, 0.15) is 0 Å². The molecular weight excluding hydrogens is 505 g/mol. The number of guanidine groups is 1. The molecule has 0 spiro atoms. The third-order valence-electron chi connectivity index (χ3n) is 6.99. The van der Waals surface area contributed by atoms with Gasteiger partial charge in [-0.1, -0.05) is 19.3 Å². The molecule has 0 aromatic carbocycles. The smallest absolute Gasteiger partial charge is 0.191 e. The fourth-order valence-corrected chi connectivity index (χ4v) is 5.14. The number of aliphatic hydroxyl groups is 1. The standard InChI is InChI=1S/C23H45N5O2.HI/c1-2-24-22(25-11-6-12-27-13-7-21(29)8-14-27)26-19-23(9-4-3-5-10-23)20-28-15-17-30-18-16-28;/h21,29H,2-20H2,1H3,(H2,24,25,26);1H. The number of morpholine rings is 1. The van der Waals surface area contributed by atoms with Crippen LogP contribution < -0.4 is 10.6 Å². The topological polar surface area (TPSA) is 72.4 Å². The Morgan fingerprint density at radius 2 is 1.74 bits per heavy atom. The lowest BCUT2D eigenvalue weighted by Gasteiger charge is -2.41. The van der Waals surface area contributed by atoms with Gasteiger partial charge in [-0.25, -0.2) is 0 Å². The first-order chi connectivity index (χ1) is 14.7. The molecule has 0 atom stereocenters. The second kappa shape index (κ2) is 14.9. The van der Waals surface area contributed by atoms with Crippen molar-refractivity contribution in [3.8, 4) is 0 Å². The van der Waals surface area contributed by atoms with E-state index in [1.54, 1.807) is 0 Å². The monoisotopic (exact) mass is 551 g/mol. The van der Waals surface area contributed by atoms with Crippen LogP contribution in [0.4, 0.5) is 0 Å². The molecule has 2 saturated heterocycles.